The third-order valence-corrected chi connectivity index (χ3v) is 8.85. The van der Waals surface area contributed by atoms with Crippen LogP contribution in [-0.2, 0) is 9.22 Å². The van der Waals surface area contributed by atoms with Gasteiger partial charge in [-0.15, -0.1) is 0 Å². The quantitative estimate of drug-likeness (QED) is 0.488. The van der Waals surface area contributed by atoms with Gasteiger partial charge in [-0.3, -0.25) is 4.79 Å². The van der Waals surface area contributed by atoms with Gasteiger partial charge in [0.1, 0.15) is 5.78 Å². The molecule has 19 heavy (non-hydrogen) atoms. The first-order chi connectivity index (χ1) is 8.47. The number of hydrogen-bond acceptors (Lipinski definition) is 2. The highest BCUT2D eigenvalue weighted by atomic mass is 28.4. The molecule has 2 nitrogen and oxygen atoms in total. The minimum Gasteiger partial charge on any atom is -0.410 e. The zero-order valence-corrected chi connectivity index (χ0v) is 15.1. The summed E-state index contributed by atoms with van der Waals surface area (Å²) in [5.41, 5.74) is 1.04. The summed E-state index contributed by atoms with van der Waals surface area (Å²) in [5.74, 6) is 0.171. The standard InChI is InChI=1S/C16H32O2Si/c1-10-12(3)15(13(4)14(17)11-2)18-19(8,9)16(5,6)7/h13,15H,3,10-11H2,1-2,4-9H3/t13-,15-/m0/s1. The van der Waals surface area contributed by atoms with Crippen LogP contribution in [0.2, 0.25) is 18.1 Å². The van der Waals surface area contributed by atoms with Crippen molar-refractivity contribution in [2.24, 2.45) is 5.92 Å². The van der Waals surface area contributed by atoms with E-state index < -0.39 is 8.32 Å². The van der Waals surface area contributed by atoms with E-state index in [0.717, 1.165) is 12.0 Å². The van der Waals surface area contributed by atoms with Crippen molar-refractivity contribution in [3.8, 4) is 0 Å². The Hall–Kier alpha value is -0.413. The Kier molecular flexibility index (Phi) is 6.70. The van der Waals surface area contributed by atoms with Crippen LogP contribution in [0, 0.1) is 5.92 Å². The largest absolute Gasteiger partial charge is 0.410 e. The molecule has 0 fully saturated rings. The van der Waals surface area contributed by atoms with Crippen molar-refractivity contribution in [2.75, 3.05) is 0 Å². The van der Waals surface area contributed by atoms with Gasteiger partial charge < -0.3 is 4.43 Å². The number of Topliss-reactive ketones (excluding diaryl/α,β-unsaturated/α-hetero) is 1. The van der Waals surface area contributed by atoms with Crippen LogP contribution in [0.1, 0.15) is 54.4 Å². The molecule has 0 radical (unpaired) electrons. The SMILES string of the molecule is C=C(CC)[C@H](O[Si](C)(C)C(C)(C)C)[C@@H](C)C(=O)CC. The lowest BCUT2D eigenvalue weighted by atomic mass is 9.92. The van der Waals surface area contributed by atoms with Gasteiger partial charge in [0.25, 0.3) is 0 Å². The fourth-order valence-corrected chi connectivity index (χ4v) is 3.08. The zero-order chi connectivity index (χ0) is 15.4. The Bertz CT molecular complexity index is 326. The van der Waals surface area contributed by atoms with Crippen molar-refractivity contribution in [3.63, 3.8) is 0 Å². The Morgan fingerprint density at radius 2 is 1.68 bits per heavy atom. The average Bonchev–Trinajstić information content (AvgIpc) is 2.31. The van der Waals surface area contributed by atoms with Gasteiger partial charge in [0.05, 0.1) is 6.10 Å². The topological polar surface area (TPSA) is 26.3 Å². The van der Waals surface area contributed by atoms with Crippen LogP contribution >= 0.6 is 0 Å². The Morgan fingerprint density at radius 1 is 1.21 bits per heavy atom. The normalized spacial score (nSPS) is 16.0. The van der Waals surface area contributed by atoms with Gasteiger partial charge in [-0.25, -0.2) is 0 Å². The molecule has 0 rings (SSSR count). The fraction of sp³-hybridized carbons (Fsp3) is 0.812. The van der Waals surface area contributed by atoms with Gasteiger partial charge in [-0.05, 0) is 30.1 Å². The van der Waals surface area contributed by atoms with E-state index in [0.29, 0.717) is 6.42 Å². The van der Waals surface area contributed by atoms with Crippen LogP contribution in [0.3, 0.4) is 0 Å². The summed E-state index contributed by atoms with van der Waals surface area (Å²) < 4.78 is 6.46. The van der Waals surface area contributed by atoms with Crippen LogP contribution in [0.5, 0.6) is 0 Å². The minimum atomic E-state index is -1.88. The molecule has 0 aromatic heterocycles. The van der Waals surface area contributed by atoms with Crippen LogP contribution < -0.4 is 0 Å². The molecule has 0 aliphatic heterocycles. The van der Waals surface area contributed by atoms with Crippen molar-refractivity contribution < 1.29 is 9.22 Å². The zero-order valence-electron chi connectivity index (χ0n) is 14.1. The first kappa shape index (κ1) is 18.6. The first-order valence-corrected chi connectivity index (χ1v) is 10.3. The van der Waals surface area contributed by atoms with Crippen LogP contribution in [0.15, 0.2) is 12.2 Å². The Balaban J connectivity index is 5.20. The van der Waals surface area contributed by atoms with Gasteiger partial charge in [-0.1, -0.05) is 48.1 Å². The van der Waals surface area contributed by atoms with Crippen molar-refractivity contribution >= 4 is 14.1 Å². The average molecular weight is 285 g/mol. The van der Waals surface area contributed by atoms with Gasteiger partial charge in [0.15, 0.2) is 8.32 Å². The molecule has 0 aromatic carbocycles. The summed E-state index contributed by atoms with van der Waals surface area (Å²) >= 11 is 0. The highest BCUT2D eigenvalue weighted by Gasteiger charge is 2.41. The monoisotopic (exact) mass is 284 g/mol. The molecule has 0 bridgehead atoms. The molecule has 0 N–H and O–H groups in total. The third-order valence-electron chi connectivity index (χ3n) is 4.39. The van der Waals surface area contributed by atoms with E-state index in [2.05, 4.69) is 47.4 Å². The summed E-state index contributed by atoms with van der Waals surface area (Å²) in [7, 11) is -1.88. The molecular weight excluding hydrogens is 252 g/mol. The molecular formula is C16H32O2Si. The third kappa shape index (κ3) is 4.88. The maximum Gasteiger partial charge on any atom is 0.192 e. The Labute approximate surface area is 120 Å². The molecule has 0 aromatic rings. The molecule has 0 unspecified atom stereocenters. The van der Waals surface area contributed by atoms with Crippen molar-refractivity contribution in [1.29, 1.82) is 0 Å². The van der Waals surface area contributed by atoms with Gasteiger partial charge in [-0.2, -0.15) is 0 Å². The molecule has 0 saturated heterocycles. The van der Waals surface area contributed by atoms with Crippen LogP contribution in [0.25, 0.3) is 0 Å². The van der Waals surface area contributed by atoms with E-state index in [-0.39, 0.29) is 22.8 Å². The van der Waals surface area contributed by atoms with E-state index in [4.69, 9.17) is 4.43 Å². The smallest absolute Gasteiger partial charge is 0.192 e. The number of carbonyl (C=O) groups is 1. The lowest BCUT2D eigenvalue weighted by molar-refractivity contribution is -0.124. The second-order valence-corrected chi connectivity index (χ2v) is 11.7. The molecule has 0 aliphatic carbocycles. The first-order valence-electron chi connectivity index (χ1n) is 7.36. The number of carbonyl (C=O) groups excluding carboxylic acids is 1. The van der Waals surface area contributed by atoms with Crippen LogP contribution in [-0.4, -0.2) is 20.2 Å². The molecule has 0 saturated carbocycles. The van der Waals surface area contributed by atoms with Crippen molar-refractivity contribution in [3.05, 3.63) is 12.2 Å². The number of ketones is 1. The summed E-state index contributed by atoms with van der Waals surface area (Å²) in [4.78, 5) is 12.0. The molecule has 0 heterocycles. The molecule has 112 valence electrons. The molecule has 0 spiro atoms. The van der Waals surface area contributed by atoms with E-state index in [9.17, 15) is 4.79 Å². The Morgan fingerprint density at radius 3 is 2.00 bits per heavy atom. The second kappa shape index (κ2) is 6.85. The number of hydrogen-bond donors (Lipinski definition) is 0. The highest BCUT2D eigenvalue weighted by molar-refractivity contribution is 6.74. The van der Waals surface area contributed by atoms with Crippen molar-refractivity contribution in [2.45, 2.75) is 78.6 Å². The van der Waals surface area contributed by atoms with Crippen molar-refractivity contribution in [1.82, 2.24) is 0 Å². The fourth-order valence-electron chi connectivity index (χ4n) is 1.73. The lowest BCUT2D eigenvalue weighted by Gasteiger charge is -2.41. The highest BCUT2D eigenvalue weighted by Crippen LogP contribution is 2.39. The summed E-state index contributed by atoms with van der Waals surface area (Å²) in [6.07, 6.45) is 1.30. The maximum atomic E-state index is 12.0. The second-order valence-electron chi connectivity index (χ2n) is 6.92. The predicted octanol–water partition coefficient (Wildman–Crippen LogP) is 4.96. The minimum absolute atomic E-state index is 0.0911. The van der Waals surface area contributed by atoms with Gasteiger partial charge >= 0.3 is 0 Å². The van der Waals surface area contributed by atoms with E-state index in [1.54, 1.807) is 0 Å². The summed E-state index contributed by atoms with van der Waals surface area (Å²) in [5, 5.41) is 0.147. The van der Waals surface area contributed by atoms with E-state index in [1.165, 1.54) is 0 Å². The molecule has 2 atom stereocenters. The molecule has 3 heteroatoms. The van der Waals surface area contributed by atoms with E-state index >= 15 is 0 Å². The summed E-state index contributed by atoms with van der Waals surface area (Å²) in [6, 6.07) is 0. The van der Waals surface area contributed by atoms with Gasteiger partial charge in [0, 0.05) is 12.3 Å². The maximum absolute atomic E-state index is 12.0. The molecule has 0 amide bonds. The lowest BCUT2D eigenvalue weighted by Crippen LogP contribution is -2.47. The van der Waals surface area contributed by atoms with Crippen LogP contribution in [0.4, 0.5) is 0 Å². The van der Waals surface area contributed by atoms with Gasteiger partial charge in [0.2, 0.25) is 0 Å². The molecule has 0 aliphatic rings. The van der Waals surface area contributed by atoms with E-state index in [1.807, 2.05) is 13.8 Å². The number of rotatable bonds is 7. The summed E-state index contributed by atoms with van der Waals surface area (Å²) in [6.45, 7) is 21.2. The predicted molar refractivity (Wildman–Crippen MR) is 86.0 cm³/mol.